The molecule has 0 rings (SSSR count). The van der Waals surface area contributed by atoms with Gasteiger partial charge in [-0.25, -0.2) is 4.79 Å². The van der Waals surface area contributed by atoms with Crippen LogP contribution in [0.3, 0.4) is 0 Å². The van der Waals surface area contributed by atoms with Crippen molar-refractivity contribution in [3.63, 3.8) is 0 Å². The standard InChI is InChI=1S/C12H24O5Si/c1-5-14-10(4)12(15-6-2,16-7-3)9-8-11(13)17-18/h8-10H,5-7H2,1-4,18H3. The molecule has 0 heterocycles. The van der Waals surface area contributed by atoms with E-state index in [1.54, 1.807) is 6.08 Å². The minimum Gasteiger partial charge on any atom is -0.526 e. The highest BCUT2D eigenvalue weighted by Gasteiger charge is 2.36. The van der Waals surface area contributed by atoms with Gasteiger partial charge in [-0.15, -0.1) is 0 Å². The first-order valence-electron chi connectivity index (χ1n) is 6.22. The second kappa shape index (κ2) is 9.27. The lowest BCUT2D eigenvalue weighted by Gasteiger charge is -2.35. The molecule has 0 bridgehead atoms. The molecule has 0 aliphatic heterocycles. The average molecular weight is 276 g/mol. The van der Waals surface area contributed by atoms with Gasteiger partial charge in [0.1, 0.15) is 6.10 Å². The molecule has 0 radical (unpaired) electrons. The van der Waals surface area contributed by atoms with Gasteiger partial charge >= 0.3 is 5.97 Å². The highest BCUT2D eigenvalue weighted by atomic mass is 28.2. The van der Waals surface area contributed by atoms with Gasteiger partial charge in [0.05, 0.1) is 0 Å². The number of carbonyl (C=O) groups excluding carboxylic acids is 1. The first kappa shape index (κ1) is 17.3. The molecule has 0 aliphatic carbocycles. The van der Waals surface area contributed by atoms with Crippen molar-refractivity contribution in [1.82, 2.24) is 0 Å². The van der Waals surface area contributed by atoms with Crippen LogP contribution >= 0.6 is 0 Å². The van der Waals surface area contributed by atoms with Crippen molar-refractivity contribution in [1.29, 1.82) is 0 Å². The Morgan fingerprint density at radius 3 is 2.17 bits per heavy atom. The summed E-state index contributed by atoms with van der Waals surface area (Å²) < 4.78 is 21.5. The predicted octanol–water partition coefficient (Wildman–Crippen LogP) is 0.560. The summed E-state index contributed by atoms with van der Waals surface area (Å²) in [5.74, 6) is -1.44. The summed E-state index contributed by atoms with van der Waals surface area (Å²) in [5.41, 5.74) is 0. The molecule has 6 heteroatoms. The molecule has 0 amide bonds. The molecule has 0 aromatic rings. The Morgan fingerprint density at radius 1 is 1.22 bits per heavy atom. The third-order valence-electron chi connectivity index (χ3n) is 2.38. The van der Waals surface area contributed by atoms with E-state index in [9.17, 15) is 4.79 Å². The quantitative estimate of drug-likeness (QED) is 0.350. The van der Waals surface area contributed by atoms with Gasteiger partial charge < -0.3 is 18.6 Å². The smallest absolute Gasteiger partial charge is 0.316 e. The van der Waals surface area contributed by atoms with E-state index in [1.165, 1.54) is 6.08 Å². The molecule has 0 aromatic carbocycles. The molecule has 1 unspecified atom stereocenters. The van der Waals surface area contributed by atoms with Gasteiger partial charge in [-0.3, -0.25) is 0 Å². The lowest BCUT2D eigenvalue weighted by Crippen LogP contribution is -2.46. The van der Waals surface area contributed by atoms with Gasteiger partial charge in [-0.2, -0.15) is 0 Å². The summed E-state index contributed by atoms with van der Waals surface area (Å²) in [6.45, 7) is 8.94. The van der Waals surface area contributed by atoms with Crippen molar-refractivity contribution < 1.29 is 23.4 Å². The van der Waals surface area contributed by atoms with E-state index in [1.807, 2.05) is 27.7 Å². The van der Waals surface area contributed by atoms with Crippen LogP contribution in [0, 0.1) is 0 Å². The molecule has 106 valence electrons. The largest absolute Gasteiger partial charge is 0.526 e. The van der Waals surface area contributed by atoms with E-state index < -0.39 is 11.8 Å². The number of hydrogen-bond acceptors (Lipinski definition) is 5. The van der Waals surface area contributed by atoms with Crippen molar-refractivity contribution in [2.24, 2.45) is 0 Å². The van der Waals surface area contributed by atoms with Gasteiger partial charge in [0, 0.05) is 25.9 Å². The van der Waals surface area contributed by atoms with Crippen LogP contribution in [0.25, 0.3) is 0 Å². The fourth-order valence-electron chi connectivity index (χ4n) is 1.58. The Hall–Kier alpha value is -0.693. The van der Waals surface area contributed by atoms with Gasteiger partial charge in [0.15, 0.2) is 0 Å². The van der Waals surface area contributed by atoms with Crippen LogP contribution in [-0.4, -0.2) is 48.2 Å². The number of hydrogen-bond donors (Lipinski definition) is 0. The predicted molar refractivity (Wildman–Crippen MR) is 72.2 cm³/mol. The lowest BCUT2D eigenvalue weighted by atomic mass is 10.1. The first-order valence-corrected chi connectivity index (χ1v) is 7.04. The summed E-state index contributed by atoms with van der Waals surface area (Å²) >= 11 is 0. The van der Waals surface area contributed by atoms with Crippen molar-refractivity contribution in [2.45, 2.75) is 39.6 Å². The number of carbonyl (C=O) groups is 1. The van der Waals surface area contributed by atoms with Crippen molar-refractivity contribution in [3.05, 3.63) is 12.2 Å². The van der Waals surface area contributed by atoms with E-state index in [2.05, 4.69) is 0 Å². The Morgan fingerprint density at radius 2 is 1.78 bits per heavy atom. The van der Waals surface area contributed by atoms with Gasteiger partial charge in [-0.05, 0) is 33.8 Å². The van der Waals surface area contributed by atoms with Crippen LogP contribution in [0.1, 0.15) is 27.7 Å². The third-order valence-corrected chi connectivity index (χ3v) is 2.78. The fraction of sp³-hybridized carbons (Fsp3) is 0.750. The number of rotatable bonds is 9. The molecular weight excluding hydrogens is 252 g/mol. The molecule has 0 aromatic heterocycles. The fourth-order valence-corrected chi connectivity index (χ4v) is 1.71. The van der Waals surface area contributed by atoms with Gasteiger partial charge in [0.25, 0.3) is 0 Å². The number of ether oxygens (including phenoxy) is 3. The maximum absolute atomic E-state index is 11.2. The van der Waals surface area contributed by atoms with Crippen LogP contribution in [0.4, 0.5) is 0 Å². The van der Waals surface area contributed by atoms with Crippen LogP contribution in [-0.2, 0) is 23.4 Å². The monoisotopic (exact) mass is 276 g/mol. The maximum Gasteiger partial charge on any atom is 0.316 e. The van der Waals surface area contributed by atoms with E-state index in [0.717, 1.165) is 0 Å². The average Bonchev–Trinajstić information content (AvgIpc) is 2.36. The minimum absolute atomic E-state index is 0.319. The summed E-state index contributed by atoms with van der Waals surface area (Å²) in [6.07, 6.45) is 2.58. The molecule has 0 fully saturated rings. The van der Waals surface area contributed by atoms with Crippen LogP contribution < -0.4 is 0 Å². The Kier molecular flexibility index (Phi) is 8.91. The zero-order valence-electron chi connectivity index (χ0n) is 11.9. The molecule has 18 heavy (non-hydrogen) atoms. The Labute approximate surface area is 112 Å². The SMILES string of the molecule is CCOC(C)C(C=CC(=O)O[SiH3])(OCC)OCC. The zero-order chi connectivity index (χ0) is 14.0. The van der Waals surface area contributed by atoms with Crippen LogP contribution in [0.15, 0.2) is 12.2 Å². The molecular formula is C12H24O5Si. The molecule has 0 N–H and O–H groups in total. The van der Waals surface area contributed by atoms with Crippen LogP contribution in [0.5, 0.6) is 0 Å². The highest BCUT2D eigenvalue weighted by Crippen LogP contribution is 2.23. The van der Waals surface area contributed by atoms with Crippen LogP contribution in [0.2, 0.25) is 0 Å². The van der Waals surface area contributed by atoms with E-state index in [4.69, 9.17) is 18.6 Å². The first-order chi connectivity index (χ1) is 8.56. The maximum atomic E-state index is 11.2. The molecule has 0 saturated carbocycles. The normalized spacial score (nSPS) is 14.0. The molecule has 0 aliphatic rings. The molecule has 0 spiro atoms. The lowest BCUT2D eigenvalue weighted by molar-refractivity contribution is -0.254. The van der Waals surface area contributed by atoms with Gasteiger partial charge in [-0.1, -0.05) is 0 Å². The van der Waals surface area contributed by atoms with Crippen molar-refractivity contribution in [3.8, 4) is 0 Å². The second-order valence-corrected chi connectivity index (χ2v) is 3.95. The van der Waals surface area contributed by atoms with E-state index in [-0.39, 0.29) is 6.10 Å². The van der Waals surface area contributed by atoms with Crippen molar-refractivity contribution >= 4 is 16.5 Å². The van der Waals surface area contributed by atoms with E-state index in [0.29, 0.717) is 30.3 Å². The second-order valence-electron chi connectivity index (χ2n) is 3.54. The molecule has 0 saturated heterocycles. The van der Waals surface area contributed by atoms with E-state index >= 15 is 0 Å². The Bertz CT molecular complexity index is 261. The summed E-state index contributed by atoms with van der Waals surface area (Å²) in [5, 5.41) is 0. The summed E-state index contributed by atoms with van der Waals surface area (Å²) in [4.78, 5) is 11.2. The summed E-state index contributed by atoms with van der Waals surface area (Å²) in [6, 6.07) is 0. The molecule has 5 nitrogen and oxygen atoms in total. The topological polar surface area (TPSA) is 54.0 Å². The summed E-state index contributed by atoms with van der Waals surface area (Å²) in [7, 11) is 0.363. The Balaban J connectivity index is 5.05. The zero-order valence-corrected chi connectivity index (χ0v) is 13.9. The highest BCUT2D eigenvalue weighted by molar-refractivity contribution is 6.07. The van der Waals surface area contributed by atoms with Gasteiger partial charge in [0.2, 0.25) is 16.3 Å². The van der Waals surface area contributed by atoms with Crippen molar-refractivity contribution in [2.75, 3.05) is 19.8 Å². The minimum atomic E-state index is -1.05. The molecule has 1 atom stereocenters. The third kappa shape index (κ3) is 5.30.